The second kappa shape index (κ2) is 4.89. The van der Waals surface area contributed by atoms with Crippen LogP contribution in [0.2, 0.25) is 0 Å². The van der Waals surface area contributed by atoms with Crippen molar-refractivity contribution in [1.82, 2.24) is 0 Å². The molecule has 2 N–H and O–H groups in total. The molecule has 1 aliphatic heterocycles. The molecule has 0 saturated heterocycles. The summed E-state index contributed by atoms with van der Waals surface area (Å²) in [5, 5.41) is 0. The zero-order chi connectivity index (χ0) is 16.2. The minimum Gasteiger partial charge on any atom is -0.399 e. The van der Waals surface area contributed by atoms with E-state index in [4.69, 9.17) is 5.73 Å². The lowest BCUT2D eigenvalue weighted by molar-refractivity contribution is 0.590. The maximum atomic E-state index is 12.6. The van der Waals surface area contributed by atoms with Gasteiger partial charge in [-0.15, -0.1) is 0 Å². The topological polar surface area (TPSA) is 66.6 Å². The van der Waals surface area contributed by atoms with Crippen LogP contribution in [0.1, 0.15) is 12.8 Å². The standard InChI is InChI=1S/C17H19N3O2S/c1-19-17-10-14(13-4-7-15(18)8-5-13)6-9-16(17)20(23(19,21)22)11-12-2-3-12/h4-10,12H,2-3,11,18H2,1H3. The Morgan fingerprint density at radius 2 is 1.70 bits per heavy atom. The van der Waals surface area contributed by atoms with Gasteiger partial charge in [-0.2, -0.15) is 8.42 Å². The van der Waals surface area contributed by atoms with E-state index in [2.05, 4.69) is 0 Å². The molecule has 2 aromatic rings. The Morgan fingerprint density at radius 3 is 2.35 bits per heavy atom. The van der Waals surface area contributed by atoms with Crippen LogP contribution in [0, 0.1) is 5.92 Å². The Bertz CT molecular complexity index is 858. The van der Waals surface area contributed by atoms with Gasteiger partial charge in [0.05, 0.1) is 11.4 Å². The quantitative estimate of drug-likeness (QED) is 0.881. The van der Waals surface area contributed by atoms with E-state index < -0.39 is 10.2 Å². The van der Waals surface area contributed by atoms with Gasteiger partial charge in [-0.3, -0.25) is 8.61 Å². The highest BCUT2D eigenvalue weighted by molar-refractivity contribution is 7.94. The normalized spacial score (nSPS) is 19.0. The Hall–Kier alpha value is -2.21. The van der Waals surface area contributed by atoms with Crippen molar-refractivity contribution in [3.05, 3.63) is 42.5 Å². The van der Waals surface area contributed by atoms with Gasteiger partial charge >= 0.3 is 10.2 Å². The second-order valence-corrected chi connectivity index (χ2v) is 8.16. The Kier molecular flexibility index (Phi) is 3.06. The van der Waals surface area contributed by atoms with Gasteiger partial charge in [0.15, 0.2) is 0 Å². The Labute approximate surface area is 136 Å². The highest BCUT2D eigenvalue weighted by atomic mass is 32.2. The number of nitrogens with zero attached hydrogens (tertiary/aromatic N) is 2. The van der Waals surface area contributed by atoms with E-state index in [1.54, 1.807) is 11.4 Å². The first-order chi connectivity index (χ1) is 11.0. The molecule has 120 valence electrons. The van der Waals surface area contributed by atoms with Crippen LogP contribution in [0.3, 0.4) is 0 Å². The first kappa shape index (κ1) is 14.4. The van der Waals surface area contributed by atoms with Crippen molar-refractivity contribution in [2.24, 2.45) is 5.92 Å². The van der Waals surface area contributed by atoms with Gasteiger partial charge < -0.3 is 5.73 Å². The van der Waals surface area contributed by atoms with E-state index in [-0.39, 0.29) is 0 Å². The molecule has 0 radical (unpaired) electrons. The average molecular weight is 329 g/mol. The SMILES string of the molecule is CN1c2cc(-c3ccc(N)cc3)ccc2N(CC2CC2)S1(=O)=O. The van der Waals surface area contributed by atoms with Gasteiger partial charge in [-0.1, -0.05) is 18.2 Å². The summed E-state index contributed by atoms with van der Waals surface area (Å²) in [6.45, 7) is 0.584. The molecule has 23 heavy (non-hydrogen) atoms. The Morgan fingerprint density at radius 1 is 1.04 bits per heavy atom. The fraction of sp³-hybridized carbons (Fsp3) is 0.294. The zero-order valence-corrected chi connectivity index (χ0v) is 13.8. The summed E-state index contributed by atoms with van der Waals surface area (Å²) < 4.78 is 28.2. The van der Waals surface area contributed by atoms with Gasteiger partial charge in [0.25, 0.3) is 0 Å². The number of benzene rings is 2. The number of anilines is 3. The summed E-state index contributed by atoms with van der Waals surface area (Å²) in [6, 6.07) is 13.4. The number of fused-ring (bicyclic) bond motifs is 1. The molecule has 4 rings (SSSR count). The highest BCUT2D eigenvalue weighted by Gasteiger charge is 2.40. The number of nitrogen functional groups attached to an aromatic ring is 1. The van der Waals surface area contributed by atoms with Crippen molar-refractivity contribution < 1.29 is 8.42 Å². The summed E-state index contributed by atoms with van der Waals surface area (Å²) in [6.07, 6.45) is 2.24. The number of rotatable bonds is 3. The molecule has 0 amide bonds. The summed E-state index contributed by atoms with van der Waals surface area (Å²) in [7, 11) is -1.82. The van der Waals surface area contributed by atoms with Crippen molar-refractivity contribution >= 4 is 27.3 Å². The van der Waals surface area contributed by atoms with Crippen molar-refractivity contribution in [3.63, 3.8) is 0 Å². The van der Waals surface area contributed by atoms with Crippen molar-refractivity contribution in [2.75, 3.05) is 27.9 Å². The lowest BCUT2D eigenvalue weighted by atomic mass is 10.0. The van der Waals surface area contributed by atoms with Gasteiger partial charge in [-0.05, 0) is 54.2 Å². The van der Waals surface area contributed by atoms with Crippen LogP contribution in [-0.2, 0) is 10.2 Å². The maximum absolute atomic E-state index is 12.6. The highest BCUT2D eigenvalue weighted by Crippen LogP contribution is 2.44. The van der Waals surface area contributed by atoms with Gasteiger partial charge in [0, 0.05) is 19.3 Å². The van der Waals surface area contributed by atoms with E-state index in [0.717, 1.165) is 35.3 Å². The summed E-state index contributed by atoms with van der Waals surface area (Å²) >= 11 is 0. The molecule has 1 aliphatic carbocycles. The number of hydrogen-bond acceptors (Lipinski definition) is 3. The van der Waals surface area contributed by atoms with Gasteiger partial charge in [0.1, 0.15) is 0 Å². The van der Waals surface area contributed by atoms with Gasteiger partial charge in [-0.25, -0.2) is 0 Å². The van der Waals surface area contributed by atoms with E-state index in [1.165, 1.54) is 4.31 Å². The largest absolute Gasteiger partial charge is 0.399 e. The van der Waals surface area contributed by atoms with Crippen LogP contribution in [0.15, 0.2) is 42.5 Å². The number of nitrogens with two attached hydrogens (primary N) is 1. The van der Waals surface area contributed by atoms with Gasteiger partial charge in [0.2, 0.25) is 0 Å². The van der Waals surface area contributed by atoms with E-state index >= 15 is 0 Å². The molecule has 0 aromatic heterocycles. The summed E-state index contributed by atoms with van der Waals surface area (Å²) in [5.41, 5.74) is 9.96. The zero-order valence-electron chi connectivity index (χ0n) is 12.9. The molecule has 0 spiro atoms. The van der Waals surface area contributed by atoms with Crippen molar-refractivity contribution in [2.45, 2.75) is 12.8 Å². The van der Waals surface area contributed by atoms with Crippen LogP contribution in [-0.4, -0.2) is 22.0 Å². The average Bonchev–Trinajstić information content (AvgIpc) is 3.33. The fourth-order valence-electron chi connectivity index (χ4n) is 2.97. The molecule has 5 nitrogen and oxygen atoms in total. The smallest absolute Gasteiger partial charge is 0.326 e. The van der Waals surface area contributed by atoms with Crippen LogP contribution >= 0.6 is 0 Å². The summed E-state index contributed by atoms with van der Waals surface area (Å²) in [4.78, 5) is 0. The fourth-order valence-corrected chi connectivity index (χ4v) is 4.46. The molecule has 0 unspecified atom stereocenters. The van der Waals surface area contributed by atoms with E-state index in [1.807, 2.05) is 42.5 Å². The second-order valence-electron chi connectivity index (χ2n) is 6.28. The van der Waals surface area contributed by atoms with Crippen molar-refractivity contribution in [1.29, 1.82) is 0 Å². The van der Waals surface area contributed by atoms with E-state index in [0.29, 0.717) is 18.2 Å². The third-order valence-electron chi connectivity index (χ3n) is 4.57. The molecule has 0 atom stereocenters. The third-order valence-corrected chi connectivity index (χ3v) is 6.36. The molecule has 2 aromatic carbocycles. The number of hydrogen-bond donors (Lipinski definition) is 1. The predicted octanol–water partition coefficient (Wildman–Crippen LogP) is 2.85. The van der Waals surface area contributed by atoms with E-state index in [9.17, 15) is 8.42 Å². The van der Waals surface area contributed by atoms with Crippen molar-refractivity contribution in [3.8, 4) is 11.1 Å². The monoisotopic (exact) mass is 329 g/mol. The lowest BCUT2D eigenvalue weighted by Crippen LogP contribution is -2.36. The molecule has 1 fully saturated rings. The summed E-state index contributed by atoms with van der Waals surface area (Å²) in [5.74, 6) is 0.501. The molecular formula is C17H19N3O2S. The third kappa shape index (κ3) is 2.34. The molecule has 1 saturated carbocycles. The van der Waals surface area contributed by atoms with Crippen LogP contribution in [0.5, 0.6) is 0 Å². The van der Waals surface area contributed by atoms with Crippen LogP contribution in [0.25, 0.3) is 11.1 Å². The molecule has 0 bridgehead atoms. The Balaban J connectivity index is 1.77. The maximum Gasteiger partial charge on any atom is 0.326 e. The first-order valence-electron chi connectivity index (χ1n) is 7.73. The molecule has 1 heterocycles. The lowest BCUT2D eigenvalue weighted by Gasteiger charge is -2.18. The minimum atomic E-state index is -3.44. The van der Waals surface area contributed by atoms with Crippen LogP contribution < -0.4 is 14.3 Å². The predicted molar refractivity (Wildman–Crippen MR) is 93.7 cm³/mol. The first-order valence-corrected chi connectivity index (χ1v) is 9.13. The molecular weight excluding hydrogens is 310 g/mol. The molecule has 2 aliphatic rings. The molecule has 6 heteroatoms. The minimum absolute atomic E-state index is 0.501. The van der Waals surface area contributed by atoms with Crippen LogP contribution in [0.4, 0.5) is 17.1 Å².